The maximum absolute atomic E-state index is 12.2. The Kier molecular flexibility index (Phi) is 3.40. The van der Waals surface area contributed by atoms with Crippen LogP contribution in [0.2, 0.25) is 0 Å². The zero-order valence-electron chi connectivity index (χ0n) is 10.4. The van der Waals surface area contributed by atoms with E-state index < -0.39 is 34.9 Å². The maximum Gasteiger partial charge on any atom is 0.471 e. The lowest BCUT2D eigenvalue weighted by Gasteiger charge is -2.38. The summed E-state index contributed by atoms with van der Waals surface area (Å²) < 4.78 is 36.5. The Labute approximate surface area is 103 Å². The smallest absolute Gasteiger partial charge is 0.471 e. The number of alkyl halides is 3. The molecule has 1 aliphatic rings. The van der Waals surface area contributed by atoms with E-state index in [1.807, 2.05) is 5.32 Å². The van der Waals surface area contributed by atoms with Crippen molar-refractivity contribution in [2.24, 2.45) is 10.8 Å². The van der Waals surface area contributed by atoms with E-state index in [0.717, 1.165) is 0 Å². The van der Waals surface area contributed by atoms with Gasteiger partial charge in [0.25, 0.3) is 0 Å². The molecule has 0 unspecified atom stereocenters. The van der Waals surface area contributed by atoms with Crippen molar-refractivity contribution in [1.29, 1.82) is 0 Å². The van der Waals surface area contributed by atoms with Crippen LogP contribution in [0.5, 0.6) is 0 Å². The van der Waals surface area contributed by atoms with Crippen LogP contribution >= 0.6 is 0 Å². The molecule has 0 radical (unpaired) electrons. The summed E-state index contributed by atoms with van der Waals surface area (Å²) in [5.41, 5.74) is -2.09. The molecule has 0 aromatic carbocycles. The van der Waals surface area contributed by atoms with Crippen molar-refractivity contribution in [3.05, 3.63) is 0 Å². The Morgan fingerprint density at radius 3 is 2.11 bits per heavy atom. The number of hydrogen-bond donors (Lipinski definition) is 2. The number of amides is 1. The minimum absolute atomic E-state index is 0.220. The van der Waals surface area contributed by atoms with Gasteiger partial charge in [0.2, 0.25) is 0 Å². The number of carbonyl (C=O) groups excluding carboxylic acids is 1. The molecule has 1 rings (SSSR count). The van der Waals surface area contributed by atoms with E-state index in [1.54, 1.807) is 13.8 Å². The van der Waals surface area contributed by atoms with Gasteiger partial charge in [0.15, 0.2) is 0 Å². The molecule has 18 heavy (non-hydrogen) atoms. The zero-order valence-corrected chi connectivity index (χ0v) is 10.4. The van der Waals surface area contributed by atoms with E-state index in [0.29, 0.717) is 0 Å². The number of halogens is 3. The van der Waals surface area contributed by atoms with Crippen LogP contribution in [0.1, 0.15) is 33.6 Å². The summed E-state index contributed by atoms with van der Waals surface area (Å²) in [5, 5.41) is 11.1. The largest absolute Gasteiger partial charge is 0.481 e. The Hall–Kier alpha value is -1.27. The highest BCUT2D eigenvalue weighted by Crippen LogP contribution is 2.52. The Balaban J connectivity index is 2.90. The first-order chi connectivity index (χ1) is 7.93. The Morgan fingerprint density at radius 2 is 1.78 bits per heavy atom. The van der Waals surface area contributed by atoms with Crippen LogP contribution in [0.3, 0.4) is 0 Å². The molecule has 1 saturated carbocycles. The quantitative estimate of drug-likeness (QED) is 0.803. The second kappa shape index (κ2) is 4.13. The van der Waals surface area contributed by atoms with Crippen LogP contribution in [-0.4, -0.2) is 29.2 Å². The number of rotatable bonds is 2. The van der Waals surface area contributed by atoms with Gasteiger partial charge in [0.05, 0.1) is 5.41 Å². The van der Waals surface area contributed by atoms with Gasteiger partial charge in [-0.05, 0) is 19.8 Å². The second-order valence-electron chi connectivity index (χ2n) is 5.42. The van der Waals surface area contributed by atoms with Gasteiger partial charge in [0, 0.05) is 11.5 Å². The lowest BCUT2D eigenvalue weighted by molar-refractivity contribution is -0.175. The molecule has 7 heteroatoms. The second-order valence-corrected chi connectivity index (χ2v) is 5.42. The van der Waals surface area contributed by atoms with Gasteiger partial charge >= 0.3 is 18.1 Å². The summed E-state index contributed by atoms with van der Waals surface area (Å²) in [5.74, 6) is -3.08. The van der Waals surface area contributed by atoms with Crippen molar-refractivity contribution >= 4 is 11.9 Å². The van der Waals surface area contributed by atoms with Gasteiger partial charge in [-0.1, -0.05) is 13.8 Å². The van der Waals surface area contributed by atoms with Crippen molar-refractivity contribution in [1.82, 2.24) is 5.32 Å². The first-order valence-corrected chi connectivity index (χ1v) is 5.54. The van der Waals surface area contributed by atoms with Gasteiger partial charge in [0.1, 0.15) is 0 Å². The number of carboxylic acid groups (broad SMARTS) is 1. The fourth-order valence-corrected chi connectivity index (χ4v) is 2.38. The summed E-state index contributed by atoms with van der Waals surface area (Å²) in [7, 11) is 0. The van der Waals surface area contributed by atoms with E-state index in [4.69, 9.17) is 0 Å². The summed E-state index contributed by atoms with van der Waals surface area (Å²) >= 11 is 0. The molecule has 0 aliphatic heterocycles. The molecule has 0 aromatic heterocycles. The molecule has 104 valence electrons. The molecule has 2 atom stereocenters. The molecule has 4 nitrogen and oxygen atoms in total. The topological polar surface area (TPSA) is 66.4 Å². The molecule has 0 bridgehead atoms. The van der Waals surface area contributed by atoms with Crippen LogP contribution in [0.4, 0.5) is 13.2 Å². The summed E-state index contributed by atoms with van der Waals surface area (Å²) in [4.78, 5) is 22.1. The third kappa shape index (κ3) is 2.18. The van der Waals surface area contributed by atoms with Crippen molar-refractivity contribution in [2.45, 2.75) is 45.8 Å². The molecular formula is C11H16F3NO3. The minimum Gasteiger partial charge on any atom is -0.481 e. The van der Waals surface area contributed by atoms with Gasteiger partial charge < -0.3 is 10.4 Å². The molecular weight excluding hydrogens is 251 g/mol. The number of nitrogens with one attached hydrogen (secondary N) is 1. The molecule has 1 aliphatic carbocycles. The Morgan fingerprint density at radius 1 is 1.28 bits per heavy atom. The molecule has 1 amide bonds. The lowest BCUT2D eigenvalue weighted by atomic mass is 9.68. The van der Waals surface area contributed by atoms with E-state index in [9.17, 15) is 27.9 Å². The first-order valence-electron chi connectivity index (χ1n) is 5.54. The third-order valence-electron chi connectivity index (χ3n) is 4.26. The molecule has 1 fully saturated rings. The third-order valence-corrected chi connectivity index (χ3v) is 4.26. The Bertz CT molecular complexity index is 378. The van der Waals surface area contributed by atoms with Crippen LogP contribution in [0.15, 0.2) is 0 Å². The fraction of sp³-hybridized carbons (Fsp3) is 0.818. The maximum atomic E-state index is 12.2. The predicted molar refractivity (Wildman–Crippen MR) is 56.7 cm³/mol. The highest BCUT2D eigenvalue weighted by molar-refractivity contribution is 5.82. The fourth-order valence-electron chi connectivity index (χ4n) is 2.38. The molecule has 0 aromatic rings. The average molecular weight is 267 g/mol. The van der Waals surface area contributed by atoms with Crippen molar-refractivity contribution in [2.75, 3.05) is 0 Å². The first kappa shape index (κ1) is 14.8. The lowest BCUT2D eigenvalue weighted by Crippen LogP contribution is -2.52. The zero-order chi connectivity index (χ0) is 14.4. The van der Waals surface area contributed by atoms with Gasteiger partial charge in [-0.25, -0.2) is 0 Å². The number of carbonyl (C=O) groups is 2. The summed E-state index contributed by atoms with van der Waals surface area (Å²) in [6.45, 7) is 4.62. The van der Waals surface area contributed by atoms with E-state index in [-0.39, 0.29) is 12.8 Å². The number of hydrogen-bond acceptors (Lipinski definition) is 2. The summed E-state index contributed by atoms with van der Waals surface area (Å²) in [6.07, 6.45) is -4.49. The average Bonchev–Trinajstić information content (AvgIpc) is 2.41. The molecule has 0 spiro atoms. The van der Waals surface area contributed by atoms with Crippen LogP contribution in [0.25, 0.3) is 0 Å². The van der Waals surface area contributed by atoms with Crippen LogP contribution in [-0.2, 0) is 9.59 Å². The predicted octanol–water partition coefficient (Wildman–Crippen LogP) is 1.94. The highest BCUT2D eigenvalue weighted by Gasteiger charge is 2.57. The van der Waals surface area contributed by atoms with E-state index in [1.165, 1.54) is 6.92 Å². The van der Waals surface area contributed by atoms with Gasteiger partial charge in [-0.2, -0.15) is 13.2 Å². The van der Waals surface area contributed by atoms with Crippen LogP contribution in [0, 0.1) is 10.8 Å². The van der Waals surface area contributed by atoms with Crippen molar-refractivity contribution in [3.63, 3.8) is 0 Å². The van der Waals surface area contributed by atoms with E-state index in [2.05, 4.69) is 0 Å². The number of aliphatic carboxylic acids is 1. The normalized spacial score (nSPS) is 31.1. The standard InChI is InChI=1S/C11H16F3NO3/c1-9(2)6(15-7(16)11(12,13)14)4-5-10(9,3)8(17)18/h6H,4-5H2,1-3H3,(H,15,16)(H,17,18)/t6-,10-/m0/s1. The monoisotopic (exact) mass is 267 g/mol. The molecule has 2 N–H and O–H groups in total. The van der Waals surface area contributed by atoms with E-state index >= 15 is 0 Å². The molecule has 0 heterocycles. The van der Waals surface area contributed by atoms with Gasteiger partial charge in [-0.15, -0.1) is 0 Å². The minimum atomic E-state index is -4.95. The highest BCUT2D eigenvalue weighted by atomic mass is 19.4. The van der Waals surface area contributed by atoms with Crippen LogP contribution < -0.4 is 5.32 Å². The summed E-state index contributed by atoms with van der Waals surface area (Å²) in [6, 6.07) is -0.798. The molecule has 0 saturated heterocycles. The SMILES string of the molecule is CC1(C)[C@@H](NC(=O)C(F)(F)F)CC[C@@]1(C)C(=O)O. The van der Waals surface area contributed by atoms with Gasteiger partial charge in [-0.3, -0.25) is 9.59 Å². The van der Waals surface area contributed by atoms with Crippen molar-refractivity contribution < 1.29 is 27.9 Å². The number of carboxylic acids is 1. The van der Waals surface area contributed by atoms with Crippen molar-refractivity contribution in [3.8, 4) is 0 Å².